The van der Waals surface area contributed by atoms with Crippen LogP contribution in [0.2, 0.25) is 0 Å². The maximum absolute atomic E-state index is 10.8. The van der Waals surface area contributed by atoms with Crippen molar-refractivity contribution in [3.8, 4) is 5.75 Å². The second-order valence-electron chi connectivity index (χ2n) is 5.21. The molecule has 0 saturated carbocycles. The van der Waals surface area contributed by atoms with Crippen LogP contribution in [0.3, 0.4) is 0 Å². The largest absolute Gasteiger partial charge is 0.488 e. The lowest BCUT2D eigenvalue weighted by Gasteiger charge is -2.29. The van der Waals surface area contributed by atoms with Gasteiger partial charge >= 0.3 is 5.97 Å². The predicted octanol–water partition coefficient (Wildman–Crippen LogP) is 2.26. The Bertz CT molecular complexity index is 441. The van der Waals surface area contributed by atoms with Gasteiger partial charge in [-0.2, -0.15) is 0 Å². The van der Waals surface area contributed by atoms with E-state index in [1.165, 1.54) is 0 Å². The molecule has 1 atom stereocenters. The van der Waals surface area contributed by atoms with Gasteiger partial charge in [0, 0.05) is 6.42 Å². The first-order valence-corrected chi connectivity index (χ1v) is 5.96. The molecule has 3 N–H and O–H groups in total. The Hall–Kier alpha value is -1.55. The Balaban J connectivity index is 2.82. The van der Waals surface area contributed by atoms with Crippen LogP contribution in [0.15, 0.2) is 18.2 Å². The first-order valence-electron chi connectivity index (χ1n) is 5.96. The number of aliphatic carboxylic acids is 1. The van der Waals surface area contributed by atoms with Crippen LogP contribution in [0, 0.1) is 13.8 Å². The van der Waals surface area contributed by atoms with Gasteiger partial charge in [-0.3, -0.25) is 4.79 Å². The van der Waals surface area contributed by atoms with Crippen molar-refractivity contribution in [3.63, 3.8) is 0 Å². The van der Waals surface area contributed by atoms with Gasteiger partial charge in [0.25, 0.3) is 0 Å². The van der Waals surface area contributed by atoms with Crippen LogP contribution in [0.1, 0.15) is 31.4 Å². The monoisotopic (exact) mass is 251 g/mol. The summed E-state index contributed by atoms with van der Waals surface area (Å²) >= 11 is 0. The molecule has 0 fully saturated rings. The highest BCUT2D eigenvalue weighted by Crippen LogP contribution is 2.27. The highest BCUT2D eigenvalue weighted by Gasteiger charge is 2.27. The summed E-state index contributed by atoms with van der Waals surface area (Å²) in [6.07, 6.45) is 0.260. The molecule has 18 heavy (non-hydrogen) atoms. The molecule has 0 saturated heterocycles. The highest BCUT2D eigenvalue weighted by atomic mass is 16.5. The molecule has 100 valence electrons. The van der Waals surface area contributed by atoms with Crippen molar-refractivity contribution < 1.29 is 14.6 Å². The van der Waals surface area contributed by atoms with Gasteiger partial charge in [-0.25, -0.2) is 0 Å². The van der Waals surface area contributed by atoms with Gasteiger partial charge in [0.1, 0.15) is 17.4 Å². The number of hydrogen-bond donors (Lipinski definition) is 2. The smallest absolute Gasteiger partial charge is 0.320 e. The first kappa shape index (κ1) is 14.5. The quantitative estimate of drug-likeness (QED) is 0.842. The van der Waals surface area contributed by atoms with Crippen LogP contribution < -0.4 is 10.5 Å². The van der Waals surface area contributed by atoms with Gasteiger partial charge in [-0.15, -0.1) is 0 Å². The molecule has 4 heteroatoms. The minimum Gasteiger partial charge on any atom is -0.488 e. The Morgan fingerprint density at radius 3 is 2.61 bits per heavy atom. The molecule has 0 bridgehead atoms. The summed E-state index contributed by atoms with van der Waals surface area (Å²) in [5.41, 5.74) is 7.14. The maximum atomic E-state index is 10.8. The molecule has 0 aromatic heterocycles. The lowest BCUT2D eigenvalue weighted by atomic mass is 9.99. The molecule has 0 aliphatic heterocycles. The molecule has 1 unspecified atom stereocenters. The molecule has 0 heterocycles. The van der Waals surface area contributed by atoms with E-state index in [2.05, 4.69) is 0 Å². The van der Waals surface area contributed by atoms with Crippen molar-refractivity contribution in [2.75, 3.05) is 0 Å². The number of nitrogens with two attached hydrogens (primary N) is 1. The molecular formula is C14H21NO3. The van der Waals surface area contributed by atoms with Gasteiger partial charge in [-0.05, 0) is 44.9 Å². The highest BCUT2D eigenvalue weighted by molar-refractivity contribution is 5.73. The predicted molar refractivity (Wildman–Crippen MR) is 70.9 cm³/mol. The fourth-order valence-corrected chi connectivity index (χ4v) is 1.79. The van der Waals surface area contributed by atoms with Crippen LogP contribution in [-0.4, -0.2) is 22.7 Å². The molecule has 1 rings (SSSR count). The van der Waals surface area contributed by atoms with Gasteiger partial charge in [0.15, 0.2) is 0 Å². The van der Waals surface area contributed by atoms with Gasteiger partial charge in [0.05, 0.1) is 0 Å². The minimum atomic E-state index is -1.01. The van der Waals surface area contributed by atoms with Gasteiger partial charge < -0.3 is 15.6 Å². The molecule has 0 aliphatic carbocycles. The normalized spacial score (nSPS) is 13.2. The van der Waals surface area contributed by atoms with Crippen molar-refractivity contribution in [1.29, 1.82) is 0 Å². The fraction of sp³-hybridized carbons (Fsp3) is 0.500. The molecule has 0 aliphatic rings. The first-order chi connectivity index (χ1) is 8.23. The lowest BCUT2D eigenvalue weighted by molar-refractivity contribution is -0.139. The molecule has 4 nitrogen and oxygen atoms in total. The van der Waals surface area contributed by atoms with E-state index < -0.39 is 17.6 Å². The van der Waals surface area contributed by atoms with E-state index in [0.29, 0.717) is 0 Å². The zero-order chi connectivity index (χ0) is 13.9. The van der Waals surface area contributed by atoms with Gasteiger partial charge in [-0.1, -0.05) is 12.1 Å². The van der Waals surface area contributed by atoms with E-state index >= 15 is 0 Å². The average Bonchev–Trinajstić information content (AvgIpc) is 2.23. The second-order valence-corrected chi connectivity index (χ2v) is 5.21. The summed E-state index contributed by atoms with van der Waals surface area (Å²) in [6, 6.07) is 4.91. The van der Waals surface area contributed by atoms with E-state index in [1.54, 1.807) is 0 Å². The number of ether oxygens (including phenoxy) is 1. The summed E-state index contributed by atoms with van der Waals surface area (Å²) in [4.78, 5) is 10.8. The third-order valence-corrected chi connectivity index (χ3v) is 2.97. The van der Waals surface area contributed by atoms with Crippen molar-refractivity contribution in [2.45, 2.75) is 45.8 Å². The van der Waals surface area contributed by atoms with Crippen molar-refractivity contribution in [3.05, 3.63) is 29.3 Å². The summed E-state index contributed by atoms with van der Waals surface area (Å²) < 4.78 is 5.89. The van der Waals surface area contributed by atoms with E-state index in [-0.39, 0.29) is 6.42 Å². The number of hydrogen-bond acceptors (Lipinski definition) is 3. The number of carboxylic acid groups (broad SMARTS) is 1. The number of rotatable bonds is 5. The molecule has 1 aromatic carbocycles. The minimum absolute atomic E-state index is 0.260. The Morgan fingerprint density at radius 2 is 2.06 bits per heavy atom. The second kappa shape index (κ2) is 5.40. The Kier molecular flexibility index (Phi) is 4.35. The standard InChI is InChI=1S/C14H21NO3/c1-9-6-5-7-12(10(9)2)18-14(3,4)8-11(15)13(16)17/h5-7,11H,8,15H2,1-4H3,(H,16,17). The van der Waals surface area contributed by atoms with Gasteiger partial charge in [0.2, 0.25) is 0 Å². The Labute approximate surface area is 108 Å². The SMILES string of the molecule is Cc1cccc(OC(C)(C)CC(N)C(=O)O)c1C. The van der Waals surface area contributed by atoms with Crippen LogP contribution >= 0.6 is 0 Å². The number of carbonyl (C=O) groups is 1. The fourth-order valence-electron chi connectivity index (χ4n) is 1.79. The number of benzene rings is 1. The third kappa shape index (κ3) is 3.74. The van der Waals surface area contributed by atoms with Crippen LogP contribution in [0.4, 0.5) is 0 Å². The van der Waals surface area contributed by atoms with Crippen LogP contribution in [-0.2, 0) is 4.79 Å². The summed E-state index contributed by atoms with van der Waals surface area (Å²) in [5.74, 6) is -0.231. The van der Waals surface area contributed by atoms with Crippen molar-refractivity contribution in [1.82, 2.24) is 0 Å². The van der Waals surface area contributed by atoms with Crippen LogP contribution in [0.5, 0.6) is 5.75 Å². The average molecular weight is 251 g/mol. The van der Waals surface area contributed by atoms with E-state index in [4.69, 9.17) is 15.6 Å². The summed E-state index contributed by atoms with van der Waals surface area (Å²) in [5, 5.41) is 8.83. The topological polar surface area (TPSA) is 72.5 Å². The molecule has 0 radical (unpaired) electrons. The van der Waals surface area contributed by atoms with E-state index in [9.17, 15) is 4.79 Å². The third-order valence-electron chi connectivity index (χ3n) is 2.97. The van der Waals surface area contributed by atoms with Crippen molar-refractivity contribution in [2.24, 2.45) is 5.73 Å². The summed E-state index contributed by atoms with van der Waals surface area (Å²) in [6.45, 7) is 7.69. The lowest BCUT2D eigenvalue weighted by Crippen LogP contribution is -2.41. The van der Waals surface area contributed by atoms with Crippen molar-refractivity contribution >= 4 is 5.97 Å². The Morgan fingerprint density at radius 1 is 1.44 bits per heavy atom. The van der Waals surface area contributed by atoms with E-state index in [1.807, 2.05) is 45.9 Å². The number of carboxylic acids is 1. The molecule has 0 amide bonds. The number of aryl methyl sites for hydroxylation is 1. The summed E-state index contributed by atoms with van der Waals surface area (Å²) in [7, 11) is 0. The zero-order valence-corrected chi connectivity index (χ0v) is 11.4. The molecule has 1 aromatic rings. The zero-order valence-electron chi connectivity index (χ0n) is 11.4. The maximum Gasteiger partial charge on any atom is 0.320 e. The molecular weight excluding hydrogens is 230 g/mol. The molecule has 0 spiro atoms. The van der Waals surface area contributed by atoms with Crippen LogP contribution in [0.25, 0.3) is 0 Å². The van der Waals surface area contributed by atoms with E-state index in [0.717, 1.165) is 16.9 Å².